The van der Waals surface area contributed by atoms with Crippen LogP contribution in [0.4, 0.5) is 0 Å². The summed E-state index contributed by atoms with van der Waals surface area (Å²) in [4.78, 5) is 3.37. The second-order valence-corrected chi connectivity index (χ2v) is 5.56. The third-order valence-electron chi connectivity index (χ3n) is 4.52. The number of hydrogen-bond acceptors (Lipinski definition) is 2. The van der Waals surface area contributed by atoms with Crippen LogP contribution in [0.1, 0.15) is 52.7 Å². The maximum atomic E-state index is 5.59. The highest BCUT2D eigenvalue weighted by Gasteiger charge is 2.30. The van der Waals surface area contributed by atoms with Crippen LogP contribution < -0.4 is 0 Å². The zero-order valence-corrected chi connectivity index (χ0v) is 13.4. The molecule has 0 aliphatic heterocycles. The van der Waals surface area contributed by atoms with Gasteiger partial charge in [0.05, 0.1) is 5.69 Å². The molecule has 5 heteroatoms. The number of nitrogens with one attached hydrogen (secondary N) is 1. The molecular weight excluding hydrogens is 256 g/mol. The number of aryl methyl sites for hydroxylation is 2. The molecule has 2 rings (SSSR count). The van der Waals surface area contributed by atoms with E-state index in [2.05, 4.69) is 42.3 Å². The van der Waals surface area contributed by atoms with Gasteiger partial charge in [0.15, 0.2) is 10.4 Å². The number of fused-ring (bicyclic) bond motifs is 1. The highest BCUT2D eigenvalue weighted by molar-refractivity contribution is 7.71. The summed E-state index contributed by atoms with van der Waals surface area (Å²) in [6.45, 7) is 8.85. The number of imidazole rings is 1. The SMILES string of the molecule is CCc1nn(C)c2c1[nH]c(=S)n2C(CC)(CC)CC. The first-order valence-electron chi connectivity index (χ1n) is 7.21. The summed E-state index contributed by atoms with van der Waals surface area (Å²) in [5.74, 6) is 0. The summed E-state index contributed by atoms with van der Waals surface area (Å²) < 4.78 is 5.09. The molecule has 4 nitrogen and oxygen atoms in total. The van der Waals surface area contributed by atoms with Gasteiger partial charge in [-0.05, 0) is 37.9 Å². The van der Waals surface area contributed by atoms with Crippen LogP contribution in [-0.2, 0) is 19.0 Å². The zero-order valence-electron chi connectivity index (χ0n) is 12.6. The van der Waals surface area contributed by atoms with Crippen molar-refractivity contribution in [2.24, 2.45) is 7.05 Å². The Kier molecular flexibility index (Phi) is 3.85. The van der Waals surface area contributed by atoms with Crippen LogP contribution >= 0.6 is 12.2 Å². The van der Waals surface area contributed by atoms with Crippen LogP contribution in [0.5, 0.6) is 0 Å². The first-order chi connectivity index (χ1) is 9.04. The van der Waals surface area contributed by atoms with E-state index >= 15 is 0 Å². The van der Waals surface area contributed by atoms with E-state index in [1.165, 1.54) is 0 Å². The van der Waals surface area contributed by atoms with Crippen LogP contribution in [-0.4, -0.2) is 19.3 Å². The fourth-order valence-corrected chi connectivity index (χ4v) is 3.51. The minimum absolute atomic E-state index is 0.0914. The van der Waals surface area contributed by atoms with E-state index in [0.29, 0.717) is 0 Å². The predicted molar refractivity (Wildman–Crippen MR) is 82.1 cm³/mol. The van der Waals surface area contributed by atoms with Crippen molar-refractivity contribution in [3.05, 3.63) is 10.5 Å². The molecule has 0 saturated carbocycles. The fourth-order valence-electron chi connectivity index (χ4n) is 3.12. The van der Waals surface area contributed by atoms with Gasteiger partial charge in [-0.15, -0.1) is 0 Å². The number of rotatable bonds is 5. The van der Waals surface area contributed by atoms with E-state index in [4.69, 9.17) is 12.2 Å². The lowest BCUT2D eigenvalue weighted by Gasteiger charge is -2.32. The number of H-pyrrole nitrogens is 1. The summed E-state index contributed by atoms with van der Waals surface area (Å²) in [5, 5.41) is 4.60. The largest absolute Gasteiger partial charge is 0.328 e. The Morgan fingerprint density at radius 1 is 1.16 bits per heavy atom. The van der Waals surface area contributed by atoms with Crippen molar-refractivity contribution < 1.29 is 0 Å². The maximum Gasteiger partial charge on any atom is 0.179 e. The molecule has 0 atom stereocenters. The topological polar surface area (TPSA) is 38.5 Å². The Morgan fingerprint density at radius 2 is 1.74 bits per heavy atom. The first kappa shape index (κ1) is 14.3. The van der Waals surface area contributed by atoms with Crippen LogP contribution in [0, 0.1) is 4.77 Å². The van der Waals surface area contributed by atoms with Crippen molar-refractivity contribution in [1.82, 2.24) is 19.3 Å². The molecular formula is C14H24N4S. The summed E-state index contributed by atoms with van der Waals surface area (Å²) in [6.07, 6.45) is 4.15. The minimum Gasteiger partial charge on any atom is -0.328 e. The molecule has 2 aromatic rings. The van der Waals surface area contributed by atoms with Crippen molar-refractivity contribution in [3.63, 3.8) is 0 Å². The van der Waals surface area contributed by atoms with E-state index in [1.807, 2.05) is 11.7 Å². The smallest absolute Gasteiger partial charge is 0.179 e. The average Bonchev–Trinajstić information content (AvgIpc) is 2.91. The molecule has 19 heavy (non-hydrogen) atoms. The molecule has 0 bridgehead atoms. The van der Waals surface area contributed by atoms with Gasteiger partial charge in [-0.25, -0.2) is 0 Å². The molecule has 0 spiro atoms. The molecule has 0 aliphatic carbocycles. The van der Waals surface area contributed by atoms with Gasteiger partial charge >= 0.3 is 0 Å². The van der Waals surface area contributed by atoms with Crippen molar-refractivity contribution in [2.75, 3.05) is 0 Å². The van der Waals surface area contributed by atoms with Gasteiger partial charge in [0, 0.05) is 12.6 Å². The van der Waals surface area contributed by atoms with Crippen molar-refractivity contribution in [2.45, 2.75) is 58.9 Å². The Balaban J connectivity index is 2.83. The van der Waals surface area contributed by atoms with Gasteiger partial charge in [0.1, 0.15) is 5.52 Å². The molecule has 2 aromatic heterocycles. The Morgan fingerprint density at radius 3 is 2.21 bits per heavy atom. The zero-order chi connectivity index (χ0) is 14.2. The number of aromatic nitrogens is 4. The predicted octanol–water partition coefficient (Wildman–Crippen LogP) is 3.92. The average molecular weight is 280 g/mol. The van der Waals surface area contributed by atoms with Gasteiger partial charge in [0.2, 0.25) is 0 Å². The molecule has 0 saturated heterocycles. The molecule has 0 aromatic carbocycles. The third kappa shape index (κ3) is 1.95. The number of nitrogens with zero attached hydrogens (tertiary/aromatic N) is 3. The first-order valence-corrected chi connectivity index (χ1v) is 7.62. The van der Waals surface area contributed by atoms with Crippen LogP contribution in [0.15, 0.2) is 0 Å². The van der Waals surface area contributed by atoms with E-state index in [-0.39, 0.29) is 5.54 Å². The van der Waals surface area contributed by atoms with Gasteiger partial charge < -0.3 is 4.98 Å². The lowest BCUT2D eigenvalue weighted by molar-refractivity contribution is 0.252. The second-order valence-electron chi connectivity index (χ2n) is 5.17. The fraction of sp³-hybridized carbons (Fsp3) is 0.714. The molecule has 0 radical (unpaired) electrons. The lowest BCUT2D eigenvalue weighted by Crippen LogP contribution is -2.32. The van der Waals surface area contributed by atoms with E-state index in [9.17, 15) is 0 Å². The molecule has 2 heterocycles. The maximum absolute atomic E-state index is 5.59. The summed E-state index contributed by atoms with van der Waals surface area (Å²) in [6, 6.07) is 0. The van der Waals surface area contributed by atoms with Crippen LogP contribution in [0.25, 0.3) is 11.2 Å². The Bertz CT molecular complexity index is 619. The van der Waals surface area contributed by atoms with E-state index in [1.54, 1.807) is 0 Å². The van der Waals surface area contributed by atoms with E-state index in [0.717, 1.165) is 47.3 Å². The molecule has 1 N–H and O–H groups in total. The van der Waals surface area contributed by atoms with Crippen molar-refractivity contribution in [1.29, 1.82) is 0 Å². The van der Waals surface area contributed by atoms with E-state index < -0.39 is 0 Å². The molecule has 0 amide bonds. The molecule has 0 aliphatic rings. The molecule has 0 unspecified atom stereocenters. The highest BCUT2D eigenvalue weighted by Crippen LogP contribution is 2.33. The molecule has 106 valence electrons. The lowest BCUT2D eigenvalue weighted by atomic mass is 9.89. The monoisotopic (exact) mass is 280 g/mol. The van der Waals surface area contributed by atoms with Crippen molar-refractivity contribution in [3.8, 4) is 0 Å². The molecule has 0 fully saturated rings. The quantitative estimate of drug-likeness (QED) is 0.843. The van der Waals surface area contributed by atoms with Gasteiger partial charge in [0.25, 0.3) is 0 Å². The van der Waals surface area contributed by atoms with Gasteiger partial charge in [-0.1, -0.05) is 27.7 Å². The second kappa shape index (κ2) is 5.12. The summed E-state index contributed by atoms with van der Waals surface area (Å²) in [5.41, 5.74) is 3.43. The van der Waals surface area contributed by atoms with Gasteiger partial charge in [-0.2, -0.15) is 5.10 Å². The standard InChI is InChI=1S/C14H24N4S/c1-6-10-11-12(17(5)16-10)18(13(19)15-11)14(7-2,8-3)9-4/h6-9H2,1-5H3,(H,15,19). The normalized spacial score (nSPS) is 12.5. The highest BCUT2D eigenvalue weighted by atomic mass is 32.1. The van der Waals surface area contributed by atoms with Crippen LogP contribution in [0.3, 0.4) is 0 Å². The summed E-state index contributed by atoms with van der Waals surface area (Å²) in [7, 11) is 2.01. The minimum atomic E-state index is 0.0914. The summed E-state index contributed by atoms with van der Waals surface area (Å²) >= 11 is 5.59. The third-order valence-corrected chi connectivity index (χ3v) is 4.80. The Labute approximate surface area is 119 Å². The van der Waals surface area contributed by atoms with Crippen LogP contribution in [0.2, 0.25) is 0 Å². The van der Waals surface area contributed by atoms with Crippen molar-refractivity contribution >= 4 is 23.4 Å². The Hall–Kier alpha value is -1.10. The number of hydrogen-bond donors (Lipinski definition) is 1. The number of aromatic amines is 1. The van der Waals surface area contributed by atoms with Gasteiger partial charge in [-0.3, -0.25) is 9.25 Å².